The van der Waals surface area contributed by atoms with Crippen molar-refractivity contribution in [3.8, 4) is 5.75 Å². The Morgan fingerprint density at radius 2 is 1.62 bits per heavy atom. The standard InChI is InChI=1S/C52H76N2O12/c1-11-36-23-30(2)22-31(3)24-45(62-9)48-46(63-10)26-33(5)52(60,66-48)49(57)50(58)54-20-13-12-14-40(54)51(59)65-47(34(6)41(55)29-42(36)56)32(4)25-35-15-18-43(44(27-35)61-8)64-38-16-17-39-37(28-38)19-21-53(39)7/h16-17,19,21,23,25,28,31,33-36,40-41,43-48,55,60H,11-15,18,20,22,24,26-27,29H2,1-10H3/b30-23+,32-25?. The van der Waals surface area contributed by atoms with Gasteiger partial charge in [-0.25, -0.2) is 4.79 Å². The summed E-state index contributed by atoms with van der Waals surface area (Å²) in [7, 11) is 6.77. The number of ketones is 2. The Kier molecular flexibility index (Phi) is 17.5. The van der Waals surface area contributed by atoms with Crippen LogP contribution in [0.25, 0.3) is 10.9 Å². The number of aliphatic hydroxyl groups is 2. The highest BCUT2D eigenvalue weighted by molar-refractivity contribution is 6.39. The maximum atomic E-state index is 14.5. The number of cyclic esters (lactones) is 1. The average Bonchev–Trinajstić information content (AvgIpc) is 3.68. The summed E-state index contributed by atoms with van der Waals surface area (Å²) in [5, 5.41) is 25.1. The number of aliphatic hydroxyl groups excluding tert-OH is 1. The van der Waals surface area contributed by atoms with Crippen LogP contribution in [-0.4, -0.2) is 126 Å². The summed E-state index contributed by atoms with van der Waals surface area (Å²) in [6.45, 7) is 11.4. The zero-order valence-corrected chi connectivity index (χ0v) is 40.9. The minimum absolute atomic E-state index is 0.0176. The normalized spacial score (nSPS) is 37.1. The molecular formula is C52H76N2O12. The number of ether oxygens (including phenoxy) is 6. The quantitative estimate of drug-likeness (QED) is 0.157. The maximum Gasteiger partial charge on any atom is 0.329 e. The molecule has 2 saturated heterocycles. The molecule has 14 nitrogen and oxygen atoms in total. The molecule has 0 spiro atoms. The largest absolute Gasteiger partial charge is 0.488 e. The first-order valence-electron chi connectivity index (χ1n) is 24.2. The zero-order valence-electron chi connectivity index (χ0n) is 40.9. The van der Waals surface area contributed by atoms with E-state index in [4.69, 9.17) is 28.4 Å². The first kappa shape index (κ1) is 51.5. The molecule has 1 aromatic heterocycles. The molecule has 66 heavy (non-hydrogen) atoms. The molecule has 366 valence electrons. The van der Waals surface area contributed by atoms with Crippen molar-refractivity contribution < 1.29 is 57.8 Å². The van der Waals surface area contributed by atoms with Crippen LogP contribution in [0, 0.1) is 29.6 Å². The van der Waals surface area contributed by atoms with E-state index >= 15 is 0 Å². The van der Waals surface area contributed by atoms with Crippen molar-refractivity contribution in [2.45, 2.75) is 167 Å². The Morgan fingerprint density at radius 3 is 2.32 bits per heavy atom. The lowest BCUT2D eigenvalue weighted by atomic mass is 9.81. The number of esters is 1. The van der Waals surface area contributed by atoms with Gasteiger partial charge in [0, 0.05) is 76.2 Å². The molecule has 4 aliphatic rings. The number of aryl methyl sites for hydroxylation is 1. The smallest absolute Gasteiger partial charge is 0.329 e. The van der Waals surface area contributed by atoms with Crippen LogP contribution in [0.1, 0.15) is 112 Å². The Bertz CT molecular complexity index is 2080. The van der Waals surface area contributed by atoms with Crippen molar-refractivity contribution in [3.05, 3.63) is 53.8 Å². The number of hydrogen-bond donors (Lipinski definition) is 2. The molecule has 2 aromatic rings. The molecule has 2 bridgehead atoms. The fourth-order valence-electron chi connectivity index (χ4n) is 11.0. The van der Waals surface area contributed by atoms with Gasteiger partial charge in [-0.15, -0.1) is 0 Å². The highest BCUT2D eigenvalue weighted by Gasteiger charge is 2.56. The number of methoxy groups -OCH3 is 3. The Hall–Kier alpha value is -3.92. The summed E-state index contributed by atoms with van der Waals surface area (Å²) >= 11 is 0. The van der Waals surface area contributed by atoms with Gasteiger partial charge in [0.25, 0.3) is 11.7 Å². The average molecular weight is 921 g/mol. The monoisotopic (exact) mass is 921 g/mol. The van der Waals surface area contributed by atoms with Gasteiger partial charge in [0.1, 0.15) is 35.9 Å². The summed E-state index contributed by atoms with van der Waals surface area (Å²) in [6, 6.07) is 6.99. The van der Waals surface area contributed by atoms with E-state index in [9.17, 15) is 29.4 Å². The van der Waals surface area contributed by atoms with Crippen LogP contribution in [-0.2, 0) is 49.9 Å². The second kappa shape index (κ2) is 22.5. The van der Waals surface area contributed by atoms with Crippen LogP contribution in [0.3, 0.4) is 0 Å². The van der Waals surface area contributed by atoms with E-state index in [2.05, 4.69) is 23.6 Å². The molecule has 0 radical (unpaired) electrons. The number of carbonyl (C=O) groups is 4. The predicted octanol–water partition coefficient (Wildman–Crippen LogP) is 7.05. The van der Waals surface area contributed by atoms with Crippen molar-refractivity contribution in [3.63, 3.8) is 0 Å². The fourth-order valence-corrected chi connectivity index (χ4v) is 11.0. The minimum Gasteiger partial charge on any atom is -0.488 e. The zero-order chi connectivity index (χ0) is 48.0. The predicted molar refractivity (Wildman–Crippen MR) is 249 cm³/mol. The van der Waals surface area contributed by atoms with E-state index in [0.717, 1.165) is 28.6 Å². The van der Waals surface area contributed by atoms with Gasteiger partial charge < -0.3 is 48.1 Å². The van der Waals surface area contributed by atoms with Crippen LogP contribution in [0.2, 0.25) is 0 Å². The lowest BCUT2D eigenvalue weighted by Gasteiger charge is -2.47. The van der Waals surface area contributed by atoms with E-state index in [0.29, 0.717) is 50.5 Å². The van der Waals surface area contributed by atoms with Crippen molar-refractivity contribution >= 4 is 34.3 Å². The molecule has 3 fully saturated rings. The molecular weight excluding hydrogens is 845 g/mol. The molecule has 1 amide bonds. The molecule has 14 heteroatoms. The van der Waals surface area contributed by atoms with Gasteiger partial charge in [-0.05, 0) is 120 Å². The lowest BCUT2D eigenvalue weighted by molar-refractivity contribution is -0.302. The first-order valence-corrected chi connectivity index (χ1v) is 24.2. The Morgan fingerprint density at radius 1 is 0.909 bits per heavy atom. The number of fused-ring (bicyclic) bond motifs is 4. The van der Waals surface area contributed by atoms with Crippen molar-refractivity contribution in [2.24, 2.45) is 36.6 Å². The van der Waals surface area contributed by atoms with Crippen LogP contribution in [0.15, 0.2) is 53.8 Å². The molecule has 14 atom stereocenters. The van der Waals surface area contributed by atoms with Crippen LogP contribution < -0.4 is 4.74 Å². The molecule has 4 heterocycles. The van der Waals surface area contributed by atoms with E-state index < -0.39 is 77.8 Å². The number of aromatic nitrogens is 1. The minimum atomic E-state index is -2.51. The highest BCUT2D eigenvalue weighted by Crippen LogP contribution is 2.40. The van der Waals surface area contributed by atoms with Crippen molar-refractivity contribution in [1.82, 2.24) is 9.47 Å². The molecule has 1 saturated carbocycles. The van der Waals surface area contributed by atoms with Gasteiger partial charge >= 0.3 is 5.97 Å². The summed E-state index contributed by atoms with van der Waals surface area (Å²) in [5.74, 6) is -6.70. The number of amides is 1. The summed E-state index contributed by atoms with van der Waals surface area (Å²) in [5.41, 5.74) is 2.81. The van der Waals surface area contributed by atoms with Crippen molar-refractivity contribution in [1.29, 1.82) is 0 Å². The summed E-state index contributed by atoms with van der Waals surface area (Å²) in [4.78, 5) is 58.5. The molecule has 1 aromatic carbocycles. The molecule has 6 rings (SSSR count). The van der Waals surface area contributed by atoms with Gasteiger partial charge in [0.2, 0.25) is 5.79 Å². The van der Waals surface area contributed by atoms with Gasteiger partial charge in [-0.1, -0.05) is 45.4 Å². The number of nitrogens with zero attached hydrogens (tertiary/aromatic N) is 2. The van der Waals surface area contributed by atoms with Crippen LogP contribution in [0.4, 0.5) is 0 Å². The maximum absolute atomic E-state index is 14.5. The summed E-state index contributed by atoms with van der Waals surface area (Å²) in [6.07, 6.45) is 6.67. The van der Waals surface area contributed by atoms with Crippen molar-refractivity contribution in [2.75, 3.05) is 27.9 Å². The second-order valence-electron chi connectivity index (χ2n) is 19.9. The van der Waals surface area contributed by atoms with Gasteiger partial charge in [0.15, 0.2) is 0 Å². The SMILES string of the molecule is CCC1/C=C(\C)CC(C)CC(OC)C2OC(O)(C(=O)C(=O)N3CCCCC3C(=O)OC(C(C)=CC3CCC(Oc4ccc5c(ccn5C)c4)C(OC)C3)C(C)C(O)CC1=O)C(C)CC2OC. The topological polar surface area (TPSA) is 172 Å². The number of Topliss-reactive ketones (excluding diaryl/α,β-unsaturated/α-hetero) is 2. The van der Waals surface area contributed by atoms with E-state index in [-0.39, 0.29) is 55.6 Å². The second-order valence-corrected chi connectivity index (χ2v) is 19.9. The third-order valence-corrected chi connectivity index (χ3v) is 15.0. The third-order valence-electron chi connectivity index (χ3n) is 15.0. The highest BCUT2D eigenvalue weighted by atomic mass is 16.7. The number of carbonyl (C=O) groups excluding carboxylic acids is 4. The Balaban J connectivity index is 1.30. The lowest BCUT2D eigenvalue weighted by Crippen LogP contribution is -2.64. The van der Waals surface area contributed by atoms with Gasteiger partial charge in [-0.3, -0.25) is 14.4 Å². The molecule has 1 aliphatic carbocycles. The number of rotatable bonds is 8. The number of benzene rings is 1. The number of hydrogen-bond acceptors (Lipinski definition) is 12. The molecule has 3 aliphatic heterocycles. The van der Waals surface area contributed by atoms with E-state index in [1.165, 1.54) is 12.0 Å². The van der Waals surface area contributed by atoms with Crippen LogP contribution in [0.5, 0.6) is 5.75 Å². The van der Waals surface area contributed by atoms with Gasteiger partial charge in [-0.2, -0.15) is 0 Å². The summed E-state index contributed by atoms with van der Waals surface area (Å²) < 4.78 is 39.1. The van der Waals surface area contributed by atoms with Crippen LogP contribution >= 0.6 is 0 Å². The van der Waals surface area contributed by atoms with E-state index in [1.54, 1.807) is 28.1 Å². The molecule has 14 unspecified atom stereocenters. The number of piperidine rings is 1. The Labute approximate surface area is 391 Å². The van der Waals surface area contributed by atoms with E-state index in [1.807, 2.05) is 58.3 Å². The number of allylic oxidation sites excluding steroid dienone is 3. The fraction of sp³-hybridized carbons (Fsp3) is 0.692. The molecule has 2 N–H and O–H groups in total. The van der Waals surface area contributed by atoms with Gasteiger partial charge in [0.05, 0.1) is 24.4 Å². The first-order chi connectivity index (χ1) is 31.4. The third kappa shape index (κ3) is 11.5.